The van der Waals surface area contributed by atoms with E-state index in [4.69, 9.17) is 10.5 Å². The molecule has 0 N–H and O–H groups in total. The Morgan fingerprint density at radius 2 is 1.25 bits per heavy atom. The fourth-order valence-electron chi connectivity index (χ4n) is 0.223. The van der Waals surface area contributed by atoms with Gasteiger partial charge in [0, 0.05) is 0 Å². The van der Waals surface area contributed by atoms with Crippen molar-refractivity contribution in [3.8, 4) is 12.1 Å². The molecule has 0 aliphatic carbocycles. The number of hydrogen-bond donors (Lipinski definition) is 0. The highest BCUT2D eigenvalue weighted by Gasteiger charge is 1.83. The van der Waals surface area contributed by atoms with E-state index in [1.807, 2.05) is 0 Å². The van der Waals surface area contributed by atoms with Crippen LogP contribution in [0.15, 0.2) is 0 Å². The zero-order valence-corrected chi connectivity index (χ0v) is 7.13. The summed E-state index contributed by atoms with van der Waals surface area (Å²) in [6, 6.07) is 3.44. The smallest absolute Gasteiger partial charge is 0.143 e. The molecule has 0 bridgehead atoms. The van der Waals surface area contributed by atoms with Crippen LogP contribution in [0, 0.1) is 22.7 Å². The van der Waals surface area contributed by atoms with Gasteiger partial charge < -0.3 is 0 Å². The van der Waals surface area contributed by atoms with E-state index in [0.29, 0.717) is 0 Å². The Bertz CT molecular complexity index is 206. The van der Waals surface area contributed by atoms with Gasteiger partial charge in [0.1, 0.15) is 11.6 Å². The molecule has 0 aliphatic rings. The minimum Gasteiger partial charge on any atom is -0.299 e. The summed E-state index contributed by atoms with van der Waals surface area (Å²) in [7, 11) is 0. The molecule has 0 amide bonds. The average Bonchev–Trinajstić information content (AvgIpc) is 1.87. The molecule has 64 valence electrons. The van der Waals surface area contributed by atoms with Crippen molar-refractivity contribution in [2.45, 2.75) is 26.7 Å². The number of carbonyl (C=O) groups is 2. The SMILES string of the molecule is CC(=O)CC#N.CC(=O)CC#N. The van der Waals surface area contributed by atoms with Crippen molar-refractivity contribution in [2.24, 2.45) is 0 Å². The van der Waals surface area contributed by atoms with Crippen molar-refractivity contribution in [3.63, 3.8) is 0 Å². The van der Waals surface area contributed by atoms with E-state index < -0.39 is 0 Å². The van der Waals surface area contributed by atoms with Crippen LogP contribution in [-0.2, 0) is 9.59 Å². The Hall–Kier alpha value is -1.68. The second-order valence-corrected chi connectivity index (χ2v) is 2.07. The van der Waals surface area contributed by atoms with Crippen LogP contribution in [0.1, 0.15) is 26.7 Å². The lowest BCUT2D eigenvalue weighted by atomic mass is 10.3. The molecule has 0 unspecified atom stereocenters. The lowest BCUT2D eigenvalue weighted by molar-refractivity contribution is -0.116. The highest BCUT2D eigenvalue weighted by atomic mass is 16.1. The van der Waals surface area contributed by atoms with Gasteiger partial charge in [-0.15, -0.1) is 0 Å². The Kier molecular flexibility index (Phi) is 10.1. The largest absolute Gasteiger partial charge is 0.299 e. The van der Waals surface area contributed by atoms with Gasteiger partial charge in [0.2, 0.25) is 0 Å². The summed E-state index contributed by atoms with van der Waals surface area (Å²) in [4.78, 5) is 19.6. The number of carbonyl (C=O) groups excluding carboxylic acids is 2. The monoisotopic (exact) mass is 166 g/mol. The summed E-state index contributed by atoms with van der Waals surface area (Å²) < 4.78 is 0. The lowest BCUT2D eigenvalue weighted by Crippen LogP contribution is -1.82. The van der Waals surface area contributed by atoms with Gasteiger partial charge in [-0.25, -0.2) is 0 Å². The summed E-state index contributed by atoms with van der Waals surface area (Å²) in [5.74, 6) is -0.144. The number of hydrogen-bond acceptors (Lipinski definition) is 4. The molecule has 0 saturated carbocycles. The minimum atomic E-state index is -0.0718. The van der Waals surface area contributed by atoms with Crippen LogP contribution in [0.2, 0.25) is 0 Å². The maximum absolute atomic E-state index is 9.82. The molecule has 12 heavy (non-hydrogen) atoms. The molecule has 0 atom stereocenters. The number of nitriles is 2. The van der Waals surface area contributed by atoms with Gasteiger partial charge in [-0.1, -0.05) is 0 Å². The molecule has 4 nitrogen and oxygen atoms in total. The molecule has 0 aromatic carbocycles. The van der Waals surface area contributed by atoms with Gasteiger partial charge in [-0.2, -0.15) is 10.5 Å². The van der Waals surface area contributed by atoms with Gasteiger partial charge in [-0.3, -0.25) is 9.59 Å². The second-order valence-electron chi connectivity index (χ2n) is 2.07. The fourth-order valence-corrected chi connectivity index (χ4v) is 0.223. The van der Waals surface area contributed by atoms with Crippen molar-refractivity contribution in [3.05, 3.63) is 0 Å². The zero-order valence-electron chi connectivity index (χ0n) is 7.13. The molecule has 4 heteroatoms. The number of Topliss-reactive ketones (excluding diaryl/α,β-unsaturated/α-hetero) is 2. The molecule has 0 rings (SSSR count). The van der Waals surface area contributed by atoms with Crippen LogP contribution >= 0.6 is 0 Å². The molecular weight excluding hydrogens is 156 g/mol. The first-order valence-corrected chi connectivity index (χ1v) is 3.27. The molecule has 0 saturated heterocycles. The van der Waals surface area contributed by atoms with E-state index in [1.165, 1.54) is 13.8 Å². The first-order valence-electron chi connectivity index (χ1n) is 3.27. The number of ketones is 2. The van der Waals surface area contributed by atoms with Crippen LogP contribution in [0.25, 0.3) is 0 Å². The maximum atomic E-state index is 9.82. The van der Waals surface area contributed by atoms with E-state index in [-0.39, 0.29) is 24.4 Å². The van der Waals surface area contributed by atoms with Crippen molar-refractivity contribution in [2.75, 3.05) is 0 Å². The molecule has 0 spiro atoms. The van der Waals surface area contributed by atoms with E-state index in [2.05, 4.69) is 0 Å². The average molecular weight is 166 g/mol. The topological polar surface area (TPSA) is 81.7 Å². The summed E-state index contributed by atoms with van der Waals surface area (Å²) in [6.07, 6.45) is 0.0833. The van der Waals surface area contributed by atoms with Gasteiger partial charge in [0.15, 0.2) is 0 Å². The molecule has 0 aliphatic heterocycles. The fraction of sp³-hybridized carbons (Fsp3) is 0.500. The third kappa shape index (κ3) is 23.9. The van der Waals surface area contributed by atoms with E-state index >= 15 is 0 Å². The van der Waals surface area contributed by atoms with Crippen molar-refractivity contribution >= 4 is 11.6 Å². The number of rotatable bonds is 2. The Labute approximate surface area is 71.4 Å². The van der Waals surface area contributed by atoms with Crippen LogP contribution in [0.3, 0.4) is 0 Å². The van der Waals surface area contributed by atoms with Gasteiger partial charge in [-0.05, 0) is 13.8 Å². The lowest BCUT2D eigenvalue weighted by Gasteiger charge is -1.69. The third-order valence-corrected chi connectivity index (χ3v) is 0.656. The highest BCUT2D eigenvalue weighted by Crippen LogP contribution is 1.72. The van der Waals surface area contributed by atoms with E-state index in [9.17, 15) is 9.59 Å². The molecule has 0 heterocycles. The quantitative estimate of drug-likeness (QED) is 0.612. The molecule has 0 aromatic rings. The van der Waals surface area contributed by atoms with Crippen molar-refractivity contribution in [1.29, 1.82) is 10.5 Å². The minimum absolute atomic E-state index is 0.0417. The first kappa shape index (κ1) is 12.9. The molecule has 0 radical (unpaired) electrons. The third-order valence-electron chi connectivity index (χ3n) is 0.656. The summed E-state index contributed by atoms with van der Waals surface area (Å²) in [6.45, 7) is 2.78. The predicted molar refractivity (Wildman–Crippen MR) is 41.8 cm³/mol. The molecule has 0 aromatic heterocycles. The van der Waals surface area contributed by atoms with Crippen molar-refractivity contribution < 1.29 is 9.59 Å². The Morgan fingerprint density at radius 1 is 1.00 bits per heavy atom. The van der Waals surface area contributed by atoms with Gasteiger partial charge >= 0.3 is 0 Å². The summed E-state index contributed by atoms with van der Waals surface area (Å²) in [5, 5.41) is 15.5. The van der Waals surface area contributed by atoms with E-state index in [0.717, 1.165) is 0 Å². The molecule has 0 fully saturated rings. The highest BCUT2D eigenvalue weighted by molar-refractivity contribution is 5.77. The number of nitrogens with zero attached hydrogens (tertiary/aromatic N) is 2. The van der Waals surface area contributed by atoms with Crippen molar-refractivity contribution in [1.82, 2.24) is 0 Å². The van der Waals surface area contributed by atoms with Gasteiger partial charge in [0.25, 0.3) is 0 Å². The normalized spacial score (nSPS) is 6.67. The standard InChI is InChI=1S/2C4H5NO/c2*1-4(6)2-3-5/h2*2H2,1H3. The van der Waals surface area contributed by atoms with Crippen LogP contribution in [0.5, 0.6) is 0 Å². The first-order chi connectivity index (χ1) is 5.54. The molecular formula is C8H10N2O2. The van der Waals surface area contributed by atoms with Crippen LogP contribution in [-0.4, -0.2) is 11.6 Å². The second kappa shape index (κ2) is 9.32. The summed E-state index contributed by atoms with van der Waals surface area (Å²) in [5.41, 5.74) is 0. The van der Waals surface area contributed by atoms with Gasteiger partial charge in [0.05, 0.1) is 25.0 Å². The van der Waals surface area contributed by atoms with E-state index in [1.54, 1.807) is 12.1 Å². The summed E-state index contributed by atoms with van der Waals surface area (Å²) >= 11 is 0. The van der Waals surface area contributed by atoms with Crippen LogP contribution < -0.4 is 0 Å². The Balaban J connectivity index is 0. The Morgan fingerprint density at radius 3 is 1.25 bits per heavy atom. The predicted octanol–water partition coefficient (Wildman–Crippen LogP) is 0.978. The maximum Gasteiger partial charge on any atom is 0.143 e. The van der Waals surface area contributed by atoms with Crippen LogP contribution in [0.4, 0.5) is 0 Å². The zero-order chi connectivity index (χ0) is 9.98.